The van der Waals surface area contributed by atoms with E-state index in [0.717, 1.165) is 9.87 Å². The minimum atomic E-state index is -3.74. The number of nitrogens with zero attached hydrogens (tertiary/aromatic N) is 3. The van der Waals surface area contributed by atoms with Crippen molar-refractivity contribution in [2.45, 2.75) is 0 Å². The van der Waals surface area contributed by atoms with Gasteiger partial charge in [0.2, 0.25) is 0 Å². The van der Waals surface area contributed by atoms with E-state index >= 15 is 0 Å². The van der Waals surface area contributed by atoms with Gasteiger partial charge in [-0.3, -0.25) is 14.5 Å². The normalized spacial score (nSPS) is 13.7. The van der Waals surface area contributed by atoms with Gasteiger partial charge >= 0.3 is 10.2 Å². The van der Waals surface area contributed by atoms with E-state index in [1.54, 1.807) is 18.5 Å². The molecule has 4 rings (SSSR count). The molecule has 11 heteroatoms. The SMILES string of the molecule is CN(C)S(=O)(=O)Nc1cc(-c2ccc3ncc4c(c3c2)OCC(=O)N4)cnc1Cl. The molecule has 0 saturated carbocycles. The fraction of sp³-hybridized carbons (Fsp3) is 0.167. The number of benzene rings is 1. The van der Waals surface area contributed by atoms with Gasteiger partial charge in [-0.05, 0) is 23.8 Å². The van der Waals surface area contributed by atoms with E-state index in [0.29, 0.717) is 27.9 Å². The quantitative estimate of drug-likeness (QED) is 0.611. The number of pyridine rings is 2. The van der Waals surface area contributed by atoms with E-state index in [9.17, 15) is 13.2 Å². The Kier molecular flexibility index (Phi) is 4.77. The van der Waals surface area contributed by atoms with Crippen molar-refractivity contribution in [3.8, 4) is 16.9 Å². The Hall–Kier alpha value is -2.95. The molecular weight excluding hydrogens is 418 g/mol. The lowest BCUT2D eigenvalue weighted by Gasteiger charge is -2.19. The predicted octanol–water partition coefficient (Wildman–Crippen LogP) is 2.50. The van der Waals surface area contributed by atoms with E-state index in [-0.39, 0.29) is 23.4 Å². The summed E-state index contributed by atoms with van der Waals surface area (Å²) < 4.78 is 33.3. The first-order chi connectivity index (χ1) is 13.7. The summed E-state index contributed by atoms with van der Waals surface area (Å²) in [6.07, 6.45) is 3.09. The summed E-state index contributed by atoms with van der Waals surface area (Å²) in [6, 6.07) is 7.08. The van der Waals surface area contributed by atoms with Crippen LogP contribution in [0.4, 0.5) is 11.4 Å². The van der Waals surface area contributed by atoms with Crippen LogP contribution in [0.5, 0.6) is 5.75 Å². The van der Waals surface area contributed by atoms with Crippen LogP contribution in [-0.4, -0.2) is 49.3 Å². The summed E-state index contributed by atoms with van der Waals surface area (Å²) in [4.78, 5) is 20.0. The van der Waals surface area contributed by atoms with Crippen molar-refractivity contribution < 1.29 is 17.9 Å². The molecular formula is C18H16ClN5O4S. The summed E-state index contributed by atoms with van der Waals surface area (Å²) in [7, 11) is -0.919. The highest BCUT2D eigenvalue weighted by Crippen LogP contribution is 2.37. The molecule has 0 unspecified atom stereocenters. The van der Waals surface area contributed by atoms with Crippen LogP contribution in [0, 0.1) is 0 Å². The molecule has 1 aliphatic rings. The number of anilines is 2. The number of ether oxygens (including phenoxy) is 1. The van der Waals surface area contributed by atoms with Gasteiger partial charge in [-0.1, -0.05) is 17.7 Å². The van der Waals surface area contributed by atoms with Crippen molar-refractivity contribution in [3.05, 3.63) is 41.8 Å². The monoisotopic (exact) mass is 433 g/mol. The van der Waals surface area contributed by atoms with Gasteiger partial charge in [0, 0.05) is 31.2 Å². The fourth-order valence-corrected chi connectivity index (χ4v) is 3.65. The molecule has 0 aliphatic carbocycles. The van der Waals surface area contributed by atoms with Gasteiger partial charge in [0.25, 0.3) is 5.91 Å². The summed E-state index contributed by atoms with van der Waals surface area (Å²) in [5, 5.41) is 3.47. The average Bonchev–Trinajstić information content (AvgIpc) is 2.68. The third kappa shape index (κ3) is 3.69. The second-order valence-corrected chi connectivity index (χ2v) is 8.76. The van der Waals surface area contributed by atoms with E-state index < -0.39 is 10.2 Å². The second-order valence-electron chi connectivity index (χ2n) is 6.52. The highest BCUT2D eigenvalue weighted by molar-refractivity contribution is 7.90. The van der Waals surface area contributed by atoms with Crippen LogP contribution in [0.2, 0.25) is 5.15 Å². The molecule has 29 heavy (non-hydrogen) atoms. The van der Waals surface area contributed by atoms with Gasteiger partial charge < -0.3 is 10.1 Å². The number of carbonyl (C=O) groups is 1. The molecule has 0 saturated heterocycles. The molecule has 1 aromatic carbocycles. The smallest absolute Gasteiger partial charge is 0.301 e. The molecule has 0 fully saturated rings. The number of halogens is 1. The molecule has 3 aromatic rings. The third-order valence-electron chi connectivity index (χ3n) is 4.33. The van der Waals surface area contributed by atoms with Crippen LogP contribution in [0.1, 0.15) is 0 Å². The largest absolute Gasteiger partial charge is 0.481 e. The molecule has 3 heterocycles. The molecule has 0 radical (unpaired) electrons. The summed E-state index contributed by atoms with van der Waals surface area (Å²) in [6.45, 7) is -0.0741. The zero-order chi connectivity index (χ0) is 20.8. The maximum absolute atomic E-state index is 12.1. The highest BCUT2D eigenvalue weighted by atomic mass is 35.5. The van der Waals surface area contributed by atoms with Gasteiger partial charge in [-0.15, -0.1) is 0 Å². The fourth-order valence-electron chi connectivity index (χ4n) is 2.82. The van der Waals surface area contributed by atoms with Crippen molar-refractivity contribution in [1.82, 2.24) is 14.3 Å². The molecule has 9 nitrogen and oxygen atoms in total. The van der Waals surface area contributed by atoms with Crippen molar-refractivity contribution >= 4 is 50.0 Å². The number of hydrogen-bond acceptors (Lipinski definition) is 6. The van der Waals surface area contributed by atoms with Crippen molar-refractivity contribution in [1.29, 1.82) is 0 Å². The molecule has 0 spiro atoms. The minimum Gasteiger partial charge on any atom is -0.481 e. The molecule has 1 amide bonds. The lowest BCUT2D eigenvalue weighted by molar-refractivity contribution is -0.118. The number of nitrogens with one attached hydrogen (secondary N) is 2. The first-order valence-corrected chi connectivity index (χ1v) is 10.3. The lowest BCUT2D eigenvalue weighted by atomic mass is 10.0. The number of fused-ring (bicyclic) bond motifs is 3. The zero-order valence-corrected chi connectivity index (χ0v) is 17.0. The lowest BCUT2D eigenvalue weighted by Crippen LogP contribution is -2.29. The first-order valence-electron chi connectivity index (χ1n) is 8.46. The molecule has 1 aliphatic heterocycles. The van der Waals surface area contributed by atoms with Crippen LogP contribution in [0.25, 0.3) is 22.0 Å². The summed E-state index contributed by atoms with van der Waals surface area (Å²) >= 11 is 6.07. The highest BCUT2D eigenvalue weighted by Gasteiger charge is 2.20. The Bertz CT molecular complexity index is 1250. The van der Waals surface area contributed by atoms with E-state index in [2.05, 4.69) is 20.0 Å². The van der Waals surface area contributed by atoms with Crippen molar-refractivity contribution in [3.63, 3.8) is 0 Å². The van der Waals surface area contributed by atoms with Gasteiger partial charge in [-0.2, -0.15) is 12.7 Å². The van der Waals surface area contributed by atoms with Gasteiger partial charge in [0.15, 0.2) is 17.5 Å². The molecule has 0 atom stereocenters. The molecule has 150 valence electrons. The molecule has 2 aromatic heterocycles. The number of aromatic nitrogens is 2. The zero-order valence-electron chi connectivity index (χ0n) is 15.4. The van der Waals surface area contributed by atoms with E-state index in [1.807, 2.05) is 18.2 Å². The molecule has 2 N–H and O–H groups in total. The Morgan fingerprint density at radius 1 is 1.17 bits per heavy atom. The first kappa shape index (κ1) is 19.4. The number of carbonyl (C=O) groups excluding carboxylic acids is 1. The Morgan fingerprint density at radius 3 is 2.72 bits per heavy atom. The Balaban J connectivity index is 1.79. The Labute approximate surface area is 171 Å². The maximum atomic E-state index is 12.1. The average molecular weight is 434 g/mol. The third-order valence-corrected chi connectivity index (χ3v) is 6.07. The standard InChI is InChI=1S/C18H16ClN5O4S/c1-24(2)29(26,27)23-14-6-11(7-21-18(14)19)10-3-4-13-12(5-10)17-15(8-20-13)22-16(25)9-28-17/h3-8,23H,9H2,1-2H3,(H,22,25). The van der Waals surface area contributed by atoms with Crippen molar-refractivity contribution in [2.75, 3.05) is 30.7 Å². The van der Waals surface area contributed by atoms with Gasteiger partial charge in [-0.25, -0.2) is 4.98 Å². The van der Waals surface area contributed by atoms with Gasteiger partial charge in [0.05, 0.1) is 17.4 Å². The number of hydrogen-bond donors (Lipinski definition) is 2. The van der Waals surface area contributed by atoms with Crippen LogP contribution < -0.4 is 14.8 Å². The number of rotatable bonds is 4. The van der Waals surface area contributed by atoms with Crippen molar-refractivity contribution in [2.24, 2.45) is 0 Å². The Morgan fingerprint density at radius 2 is 1.97 bits per heavy atom. The number of amides is 1. The second kappa shape index (κ2) is 7.14. The molecule has 0 bridgehead atoms. The van der Waals surface area contributed by atoms with E-state index in [4.69, 9.17) is 16.3 Å². The van der Waals surface area contributed by atoms with Crippen LogP contribution in [0.15, 0.2) is 36.7 Å². The maximum Gasteiger partial charge on any atom is 0.301 e. The topological polar surface area (TPSA) is 114 Å². The van der Waals surface area contributed by atoms with E-state index in [1.165, 1.54) is 14.1 Å². The predicted molar refractivity (Wildman–Crippen MR) is 110 cm³/mol. The van der Waals surface area contributed by atoms with Crippen LogP contribution in [-0.2, 0) is 15.0 Å². The van der Waals surface area contributed by atoms with Crippen LogP contribution in [0.3, 0.4) is 0 Å². The van der Waals surface area contributed by atoms with Crippen LogP contribution >= 0.6 is 11.6 Å². The minimum absolute atomic E-state index is 0.0325. The van der Waals surface area contributed by atoms with Gasteiger partial charge in [0.1, 0.15) is 5.69 Å². The summed E-state index contributed by atoms with van der Waals surface area (Å²) in [5.74, 6) is 0.293. The summed E-state index contributed by atoms with van der Waals surface area (Å²) in [5.41, 5.74) is 2.75.